The summed E-state index contributed by atoms with van der Waals surface area (Å²) in [6, 6.07) is 9.90. The predicted octanol–water partition coefficient (Wildman–Crippen LogP) is 3.38. The summed E-state index contributed by atoms with van der Waals surface area (Å²) in [7, 11) is -3.32. The quantitative estimate of drug-likeness (QED) is 0.790. The van der Waals surface area contributed by atoms with Gasteiger partial charge in [-0.25, -0.2) is 8.42 Å². The van der Waals surface area contributed by atoms with E-state index in [2.05, 4.69) is 10.1 Å². The molecule has 0 aliphatic carbocycles. The Morgan fingerprint density at radius 3 is 2.48 bits per heavy atom. The molecule has 0 spiro atoms. The standard InChI is InChI=1S/C19H19F3N2O4S/c1-29(26,27)16-7-4-14(5-8-16)23-18(25)12-24-10-2-3-13-11-15(6-9-17(13)24)28-19(20,21)22/h4-9,11H,2-3,10,12H2,1H3,(H,23,25). The highest BCUT2D eigenvalue weighted by molar-refractivity contribution is 7.90. The summed E-state index contributed by atoms with van der Waals surface area (Å²) in [5.74, 6) is -0.603. The number of halogens is 3. The van der Waals surface area contributed by atoms with Crippen molar-refractivity contribution in [2.75, 3.05) is 29.6 Å². The summed E-state index contributed by atoms with van der Waals surface area (Å²) < 4.78 is 64.1. The van der Waals surface area contributed by atoms with Crippen LogP contribution in [-0.4, -0.2) is 40.0 Å². The maximum Gasteiger partial charge on any atom is 0.573 e. The molecule has 29 heavy (non-hydrogen) atoms. The largest absolute Gasteiger partial charge is 0.573 e. The monoisotopic (exact) mass is 428 g/mol. The molecule has 6 nitrogen and oxygen atoms in total. The molecule has 0 radical (unpaired) electrons. The zero-order valence-corrected chi connectivity index (χ0v) is 16.3. The normalized spacial score (nSPS) is 14.3. The van der Waals surface area contributed by atoms with Gasteiger partial charge in [0.05, 0.1) is 11.4 Å². The summed E-state index contributed by atoms with van der Waals surface area (Å²) >= 11 is 0. The zero-order chi connectivity index (χ0) is 21.2. The first-order valence-electron chi connectivity index (χ1n) is 8.75. The Kier molecular flexibility index (Phi) is 5.74. The average molecular weight is 428 g/mol. The lowest BCUT2D eigenvalue weighted by Gasteiger charge is -2.31. The van der Waals surface area contributed by atoms with Crippen molar-refractivity contribution in [3.8, 4) is 5.75 Å². The van der Waals surface area contributed by atoms with Crippen LogP contribution in [0.3, 0.4) is 0 Å². The van der Waals surface area contributed by atoms with Crippen molar-refractivity contribution in [3.05, 3.63) is 48.0 Å². The van der Waals surface area contributed by atoms with Crippen molar-refractivity contribution in [2.24, 2.45) is 0 Å². The van der Waals surface area contributed by atoms with Gasteiger partial charge in [-0.15, -0.1) is 13.2 Å². The number of alkyl halides is 3. The second kappa shape index (κ2) is 7.94. The first-order chi connectivity index (χ1) is 13.5. The van der Waals surface area contributed by atoms with Gasteiger partial charge in [-0.2, -0.15) is 0 Å². The minimum absolute atomic E-state index is 0.0142. The van der Waals surface area contributed by atoms with Gasteiger partial charge in [-0.3, -0.25) is 4.79 Å². The third kappa shape index (κ3) is 5.63. The molecule has 2 aromatic carbocycles. The van der Waals surface area contributed by atoms with Gasteiger partial charge in [0.1, 0.15) is 5.75 Å². The van der Waals surface area contributed by atoms with Crippen LogP contribution >= 0.6 is 0 Å². The number of amides is 1. The number of aryl methyl sites for hydroxylation is 1. The SMILES string of the molecule is CS(=O)(=O)c1ccc(NC(=O)CN2CCCc3cc(OC(F)(F)F)ccc32)cc1. The fourth-order valence-corrected chi connectivity index (χ4v) is 3.80. The number of hydrogen-bond acceptors (Lipinski definition) is 5. The molecule has 3 rings (SSSR count). The van der Waals surface area contributed by atoms with Gasteiger partial charge in [-0.1, -0.05) is 0 Å². The molecular formula is C19H19F3N2O4S. The number of nitrogens with zero attached hydrogens (tertiary/aromatic N) is 1. The fourth-order valence-electron chi connectivity index (χ4n) is 3.17. The Bertz CT molecular complexity index is 1010. The summed E-state index contributed by atoms with van der Waals surface area (Å²) in [6.07, 6.45) is -2.37. The van der Waals surface area contributed by atoms with Gasteiger partial charge in [0, 0.05) is 24.2 Å². The van der Waals surface area contributed by atoms with E-state index in [1.807, 2.05) is 0 Å². The van der Waals surface area contributed by atoms with Crippen LogP contribution in [0, 0.1) is 0 Å². The lowest BCUT2D eigenvalue weighted by Crippen LogP contribution is -2.36. The number of fused-ring (bicyclic) bond motifs is 1. The van der Waals surface area contributed by atoms with Crippen molar-refractivity contribution in [3.63, 3.8) is 0 Å². The lowest BCUT2D eigenvalue weighted by atomic mass is 10.0. The molecule has 1 aliphatic heterocycles. The third-order valence-corrected chi connectivity index (χ3v) is 5.53. The number of benzene rings is 2. The Labute approximate surface area is 166 Å². The second-order valence-corrected chi connectivity index (χ2v) is 8.72. The molecule has 0 saturated carbocycles. The summed E-state index contributed by atoms with van der Waals surface area (Å²) in [5.41, 5.74) is 1.82. The molecule has 1 aliphatic rings. The Hall–Kier alpha value is -2.75. The van der Waals surface area contributed by atoms with Gasteiger partial charge >= 0.3 is 6.36 Å². The summed E-state index contributed by atoms with van der Waals surface area (Å²) in [6.45, 7) is 0.604. The molecular weight excluding hydrogens is 409 g/mol. The maximum absolute atomic E-state index is 12.4. The minimum Gasteiger partial charge on any atom is -0.406 e. The van der Waals surface area contributed by atoms with Crippen molar-refractivity contribution >= 4 is 27.1 Å². The number of ether oxygens (including phenoxy) is 1. The Balaban J connectivity index is 1.67. The summed E-state index contributed by atoms with van der Waals surface area (Å²) in [5, 5.41) is 2.69. The molecule has 0 fully saturated rings. The van der Waals surface area contributed by atoms with Crippen LogP contribution in [0.15, 0.2) is 47.4 Å². The third-order valence-electron chi connectivity index (χ3n) is 4.40. The van der Waals surface area contributed by atoms with Crippen LogP contribution in [0.25, 0.3) is 0 Å². The molecule has 0 aromatic heterocycles. The van der Waals surface area contributed by atoms with Crippen LogP contribution < -0.4 is 15.0 Å². The lowest BCUT2D eigenvalue weighted by molar-refractivity contribution is -0.274. The van der Waals surface area contributed by atoms with E-state index in [9.17, 15) is 26.4 Å². The van der Waals surface area contributed by atoms with Crippen LogP contribution in [0.1, 0.15) is 12.0 Å². The van der Waals surface area contributed by atoms with Gasteiger partial charge in [0.25, 0.3) is 0 Å². The number of carbonyl (C=O) groups excluding carboxylic acids is 1. The Morgan fingerprint density at radius 2 is 1.86 bits per heavy atom. The van der Waals surface area contributed by atoms with E-state index in [-0.39, 0.29) is 23.1 Å². The van der Waals surface area contributed by atoms with Crippen LogP contribution in [-0.2, 0) is 21.1 Å². The van der Waals surface area contributed by atoms with E-state index in [1.54, 1.807) is 4.90 Å². The number of sulfone groups is 1. The number of carbonyl (C=O) groups is 1. The minimum atomic E-state index is -4.75. The van der Waals surface area contributed by atoms with Crippen LogP contribution in [0.2, 0.25) is 0 Å². The predicted molar refractivity (Wildman–Crippen MR) is 102 cm³/mol. The molecule has 0 unspecified atom stereocenters. The molecule has 0 bridgehead atoms. The van der Waals surface area contributed by atoms with E-state index in [4.69, 9.17) is 0 Å². The number of hydrogen-bond donors (Lipinski definition) is 1. The van der Waals surface area contributed by atoms with Gasteiger partial charge in [-0.05, 0) is 60.9 Å². The van der Waals surface area contributed by atoms with E-state index in [1.165, 1.54) is 42.5 Å². The van der Waals surface area contributed by atoms with Crippen molar-refractivity contribution < 1.29 is 31.1 Å². The van der Waals surface area contributed by atoms with Gasteiger partial charge < -0.3 is 15.0 Å². The number of anilines is 2. The van der Waals surface area contributed by atoms with Crippen molar-refractivity contribution in [1.82, 2.24) is 0 Å². The molecule has 0 saturated heterocycles. The first-order valence-corrected chi connectivity index (χ1v) is 10.6. The van der Waals surface area contributed by atoms with E-state index in [0.717, 1.165) is 6.26 Å². The highest BCUT2D eigenvalue weighted by Crippen LogP contribution is 2.32. The molecule has 2 aromatic rings. The highest BCUT2D eigenvalue weighted by atomic mass is 32.2. The number of nitrogens with one attached hydrogen (secondary N) is 1. The molecule has 1 N–H and O–H groups in total. The molecule has 10 heteroatoms. The molecule has 1 heterocycles. The smallest absolute Gasteiger partial charge is 0.406 e. The summed E-state index contributed by atoms with van der Waals surface area (Å²) in [4.78, 5) is 14.3. The van der Waals surface area contributed by atoms with E-state index in [0.29, 0.717) is 36.3 Å². The molecule has 156 valence electrons. The molecule has 0 atom stereocenters. The van der Waals surface area contributed by atoms with E-state index < -0.39 is 16.2 Å². The van der Waals surface area contributed by atoms with Crippen molar-refractivity contribution in [1.29, 1.82) is 0 Å². The topological polar surface area (TPSA) is 75.7 Å². The van der Waals surface area contributed by atoms with E-state index >= 15 is 0 Å². The van der Waals surface area contributed by atoms with Gasteiger partial charge in [0.2, 0.25) is 5.91 Å². The molecule has 1 amide bonds. The maximum atomic E-state index is 12.4. The average Bonchev–Trinajstić information content (AvgIpc) is 2.60. The zero-order valence-electron chi connectivity index (χ0n) is 15.5. The van der Waals surface area contributed by atoms with Crippen molar-refractivity contribution in [2.45, 2.75) is 24.1 Å². The number of rotatable bonds is 5. The fraction of sp³-hybridized carbons (Fsp3) is 0.316. The first kappa shape index (κ1) is 21.0. The highest BCUT2D eigenvalue weighted by Gasteiger charge is 2.31. The van der Waals surface area contributed by atoms with Gasteiger partial charge in [0.15, 0.2) is 9.84 Å². The second-order valence-electron chi connectivity index (χ2n) is 6.71. The Morgan fingerprint density at radius 1 is 1.17 bits per heavy atom. The van der Waals surface area contributed by atoms with Crippen LogP contribution in [0.4, 0.5) is 24.5 Å². The van der Waals surface area contributed by atoms with Crippen LogP contribution in [0.5, 0.6) is 5.75 Å².